The molecular weight excluding hydrogens is 386 g/mol. The standard InChI is InChI=1S/C13H8Br2ClFO/c14-8-3-7(4-9(15)5-8)13(18)11-6-10(17)1-2-12(11)16/h1-6,13,18H. The molecule has 0 amide bonds. The summed E-state index contributed by atoms with van der Waals surface area (Å²) in [6, 6.07) is 9.30. The molecule has 0 saturated carbocycles. The van der Waals surface area contributed by atoms with Gasteiger partial charge in [-0.1, -0.05) is 43.5 Å². The van der Waals surface area contributed by atoms with Crippen LogP contribution in [0.3, 0.4) is 0 Å². The number of hydrogen-bond acceptors (Lipinski definition) is 1. The molecule has 18 heavy (non-hydrogen) atoms. The quantitative estimate of drug-likeness (QED) is 0.753. The van der Waals surface area contributed by atoms with Gasteiger partial charge >= 0.3 is 0 Å². The molecule has 0 saturated heterocycles. The van der Waals surface area contributed by atoms with Gasteiger partial charge in [-0.15, -0.1) is 0 Å². The Morgan fingerprint density at radius 2 is 1.67 bits per heavy atom. The van der Waals surface area contributed by atoms with Gasteiger partial charge in [-0.2, -0.15) is 0 Å². The van der Waals surface area contributed by atoms with Gasteiger partial charge in [0.2, 0.25) is 0 Å². The average Bonchev–Trinajstić information content (AvgIpc) is 2.30. The monoisotopic (exact) mass is 392 g/mol. The Morgan fingerprint density at radius 1 is 1.06 bits per heavy atom. The van der Waals surface area contributed by atoms with Crippen molar-refractivity contribution in [2.75, 3.05) is 0 Å². The van der Waals surface area contributed by atoms with Crippen molar-refractivity contribution in [3.05, 3.63) is 67.3 Å². The van der Waals surface area contributed by atoms with Crippen molar-refractivity contribution in [3.63, 3.8) is 0 Å². The van der Waals surface area contributed by atoms with Crippen molar-refractivity contribution in [2.24, 2.45) is 0 Å². The van der Waals surface area contributed by atoms with Crippen molar-refractivity contribution < 1.29 is 9.50 Å². The fraction of sp³-hybridized carbons (Fsp3) is 0.0769. The lowest BCUT2D eigenvalue weighted by molar-refractivity contribution is 0.220. The number of hydrogen-bond donors (Lipinski definition) is 1. The molecule has 1 atom stereocenters. The Balaban J connectivity index is 2.47. The van der Waals surface area contributed by atoms with Gasteiger partial charge in [0.15, 0.2) is 0 Å². The van der Waals surface area contributed by atoms with Crippen molar-refractivity contribution in [2.45, 2.75) is 6.10 Å². The first-order valence-corrected chi connectivity index (χ1v) is 7.03. The maximum atomic E-state index is 13.2. The second kappa shape index (κ2) is 5.70. The average molecular weight is 394 g/mol. The molecule has 1 unspecified atom stereocenters. The number of aliphatic hydroxyl groups is 1. The summed E-state index contributed by atoms with van der Waals surface area (Å²) in [5, 5.41) is 10.6. The zero-order valence-electron chi connectivity index (χ0n) is 9.00. The molecule has 2 aromatic rings. The zero-order chi connectivity index (χ0) is 13.3. The lowest BCUT2D eigenvalue weighted by Crippen LogP contribution is -2.01. The molecule has 0 radical (unpaired) electrons. The minimum atomic E-state index is -0.970. The van der Waals surface area contributed by atoms with Crippen molar-refractivity contribution in [3.8, 4) is 0 Å². The lowest BCUT2D eigenvalue weighted by atomic mass is 10.0. The maximum absolute atomic E-state index is 13.2. The second-order valence-corrected chi connectivity index (χ2v) is 6.01. The molecule has 0 fully saturated rings. The predicted octanol–water partition coefficient (Wildman–Crippen LogP) is 5.09. The molecule has 0 aliphatic carbocycles. The Labute approximate surface area is 126 Å². The third-order valence-electron chi connectivity index (χ3n) is 2.45. The number of halogens is 4. The molecule has 0 spiro atoms. The van der Waals surface area contributed by atoms with Crippen LogP contribution in [0.1, 0.15) is 17.2 Å². The molecule has 0 bridgehead atoms. The molecule has 94 valence electrons. The molecule has 0 heterocycles. The first-order valence-electron chi connectivity index (χ1n) is 5.06. The van der Waals surface area contributed by atoms with Crippen LogP contribution in [-0.2, 0) is 0 Å². The summed E-state index contributed by atoms with van der Waals surface area (Å²) >= 11 is 12.6. The highest BCUT2D eigenvalue weighted by molar-refractivity contribution is 9.11. The summed E-state index contributed by atoms with van der Waals surface area (Å²) in [5.41, 5.74) is 0.977. The largest absolute Gasteiger partial charge is 0.384 e. The normalized spacial score (nSPS) is 12.5. The first-order chi connectivity index (χ1) is 8.47. The minimum absolute atomic E-state index is 0.333. The molecule has 0 aliphatic heterocycles. The van der Waals surface area contributed by atoms with E-state index >= 15 is 0 Å². The molecule has 1 nitrogen and oxygen atoms in total. The molecule has 2 rings (SSSR count). The summed E-state index contributed by atoms with van der Waals surface area (Å²) in [6.07, 6.45) is -0.970. The summed E-state index contributed by atoms with van der Waals surface area (Å²) in [5.74, 6) is -0.428. The highest BCUT2D eigenvalue weighted by Crippen LogP contribution is 2.32. The van der Waals surface area contributed by atoms with Crippen LogP contribution < -0.4 is 0 Å². The van der Waals surface area contributed by atoms with Crippen molar-refractivity contribution in [1.82, 2.24) is 0 Å². The Kier molecular flexibility index (Phi) is 4.43. The third kappa shape index (κ3) is 3.12. The summed E-state index contributed by atoms with van der Waals surface area (Å²) in [6.45, 7) is 0. The van der Waals surface area contributed by atoms with Gasteiger partial charge in [0.1, 0.15) is 11.9 Å². The van der Waals surface area contributed by atoms with E-state index in [0.29, 0.717) is 16.1 Å². The van der Waals surface area contributed by atoms with E-state index in [1.807, 2.05) is 6.07 Å². The van der Waals surface area contributed by atoms with Gasteiger partial charge < -0.3 is 5.11 Å². The number of aliphatic hydroxyl groups excluding tert-OH is 1. The van der Waals surface area contributed by atoms with Gasteiger partial charge in [0.05, 0.1) is 0 Å². The summed E-state index contributed by atoms with van der Waals surface area (Å²) in [7, 11) is 0. The summed E-state index contributed by atoms with van der Waals surface area (Å²) < 4.78 is 14.8. The van der Waals surface area contributed by atoms with Crippen LogP contribution in [0.2, 0.25) is 5.02 Å². The van der Waals surface area contributed by atoms with Gasteiger partial charge in [0, 0.05) is 19.5 Å². The van der Waals surface area contributed by atoms with Crippen LogP contribution in [0.15, 0.2) is 45.3 Å². The van der Waals surface area contributed by atoms with E-state index in [0.717, 1.165) is 8.95 Å². The van der Waals surface area contributed by atoms with E-state index in [-0.39, 0.29) is 0 Å². The van der Waals surface area contributed by atoms with Crippen molar-refractivity contribution >= 4 is 43.5 Å². The fourth-order valence-electron chi connectivity index (χ4n) is 1.64. The van der Waals surface area contributed by atoms with Crippen LogP contribution in [-0.4, -0.2) is 5.11 Å². The van der Waals surface area contributed by atoms with Gasteiger partial charge in [-0.3, -0.25) is 0 Å². The van der Waals surface area contributed by atoms with E-state index in [1.165, 1.54) is 18.2 Å². The minimum Gasteiger partial charge on any atom is -0.384 e. The molecular formula is C13H8Br2ClFO. The van der Waals surface area contributed by atoms with Crippen LogP contribution in [0.25, 0.3) is 0 Å². The SMILES string of the molecule is OC(c1cc(Br)cc(Br)c1)c1cc(F)ccc1Cl. The molecule has 2 aromatic carbocycles. The van der Waals surface area contributed by atoms with Gasteiger partial charge in [-0.25, -0.2) is 4.39 Å². The van der Waals surface area contributed by atoms with E-state index in [2.05, 4.69) is 31.9 Å². The van der Waals surface area contributed by atoms with Gasteiger partial charge in [0.25, 0.3) is 0 Å². The second-order valence-electron chi connectivity index (χ2n) is 3.77. The van der Waals surface area contributed by atoms with E-state index in [9.17, 15) is 9.50 Å². The van der Waals surface area contributed by atoms with E-state index in [1.54, 1.807) is 12.1 Å². The molecule has 1 N–H and O–H groups in total. The smallest absolute Gasteiger partial charge is 0.123 e. The first kappa shape index (κ1) is 14.0. The molecule has 5 heteroatoms. The zero-order valence-corrected chi connectivity index (χ0v) is 12.9. The molecule has 0 aliphatic rings. The van der Waals surface area contributed by atoms with Crippen LogP contribution >= 0.6 is 43.5 Å². The topological polar surface area (TPSA) is 20.2 Å². The Morgan fingerprint density at radius 3 is 2.28 bits per heavy atom. The number of rotatable bonds is 2. The van der Waals surface area contributed by atoms with Crippen molar-refractivity contribution in [1.29, 1.82) is 0 Å². The third-order valence-corrected chi connectivity index (χ3v) is 3.71. The van der Waals surface area contributed by atoms with Crippen LogP contribution in [0.5, 0.6) is 0 Å². The highest BCUT2D eigenvalue weighted by Gasteiger charge is 2.15. The number of benzene rings is 2. The molecule has 0 aromatic heterocycles. The van der Waals surface area contributed by atoms with E-state index < -0.39 is 11.9 Å². The van der Waals surface area contributed by atoms with Crippen LogP contribution in [0.4, 0.5) is 4.39 Å². The fourth-order valence-corrected chi connectivity index (χ4v) is 3.19. The van der Waals surface area contributed by atoms with Gasteiger partial charge in [-0.05, 0) is 42.0 Å². The Bertz CT molecular complexity index is 569. The maximum Gasteiger partial charge on any atom is 0.123 e. The predicted molar refractivity (Wildman–Crippen MR) is 77.3 cm³/mol. The summed E-state index contributed by atoms with van der Waals surface area (Å²) in [4.78, 5) is 0. The highest BCUT2D eigenvalue weighted by atomic mass is 79.9. The van der Waals surface area contributed by atoms with E-state index in [4.69, 9.17) is 11.6 Å². The Hall–Kier alpha value is -0.420. The lowest BCUT2D eigenvalue weighted by Gasteiger charge is -2.14. The van der Waals surface area contributed by atoms with Crippen LogP contribution in [0, 0.1) is 5.82 Å².